The summed E-state index contributed by atoms with van der Waals surface area (Å²) in [6.45, 7) is 2.30. The Bertz CT molecular complexity index is 961. The molecule has 0 saturated heterocycles. The summed E-state index contributed by atoms with van der Waals surface area (Å²) in [7, 11) is 1.35. The SMILES string of the molecule is CCCCc1nc(CO)c(Cl)n1Cc1ccc(-c2ccccc2C(=O)OC)o1. The monoisotopic (exact) mass is 402 g/mol. The molecule has 0 radical (unpaired) electrons. The van der Waals surface area contributed by atoms with E-state index in [0.717, 1.165) is 25.1 Å². The first-order chi connectivity index (χ1) is 13.6. The number of aliphatic hydroxyl groups excluding tert-OH is 1. The standard InChI is InChI=1S/C21H23ClN2O4/c1-3-4-9-19-23-17(13-25)20(22)24(19)12-14-10-11-18(28-14)15-7-5-6-8-16(15)21(26)27-2/h5-8,10-11,25H,3-4,9,12-13H2,1-2H3. The van der Waals surface area contributed by atoms with E-state index >= 15 is 0 Å². The summed E-state index contributed by atoms with van der Waals surface area (Å²) >= 11 is 6.41. The number of benzene rings is 1. The van der Waals surface area contributed by atoms with Gasteiger partial charge in [-0.3, -0.25) is 0 Å². The Labute approximate surface area is 168 Å². The molecule has 0 fully saturated rings. The highest BCUT2D eigenvalue weighted by atomic mass is 35.5. The van der Waals surface area contributed by atoms with Gasteiger partial charge in [0.1, 0.15) is 28.2 Å². The lowest BCUT2D eigenvalue weighted by Crippen LogP contribution is -2.05. The smallest absolute Gasteiger partial charge is 0.338 e. The van der Waals surface area contributed by atoms with E-state index in [1.54, 1.807) is 12.1 Å². The number of carbonyl (C=O) groups is 1. The molecule has 0 bridgehead atoms. The van der Waals surface area contributed by atoms with E-state index in [-0.39, 0.29) is 6.61 Å². The van der Waals surface area contributed by atoms with Crippen molar-refractivity contribution in [1.82, 2.24) is 9.55 Å². The maximum Gasteiger partial charge on any atom is 0.338 e. The van der Waals surface area contributed by atoms with E-state index in [0.29, 0.717) is 40.0 Å². The van der Waals surface area contributed by atoms with Gasteiger partial charge in [0, 0.05) is 12.0 Å². The van der Waals surface area contributed by atoms with Crippen LogP contribution in [0.2, 0.25) is 5.15 Å². The second kappa shape index (κ2) is 9.08. The van der Waals surface area contributed by atoms with Crippen molar-refractivity contribution in [3.05, 3.63) is 64.4 Å². The number of rotatable bonds is 8. The topological polar surface area (TPSA) is 77.5 Å². The van der Waals surface area contributed by atoms with Crippen molar-refractivity contribution in [2.24, 2.45) is 0 Å². The van der Waals surface area contributed by atoms with Gasteiger partial charge in [-0.25, -0.2) is 9.78 Å². The van der Waals surface area contributed by atoms with Gasteiger partial charge in [-0.05, 0) is 24.6 Å². The first kappa shape index (κ1) is 20.2. The molecule has 1 aromatic carbocycles. The number of nitrogens with zero attached hydrogens (tertiary/aromatic N) is 2. The third-order valence-electron chi connectivity index (χ3n) is 4.53. The number of carbonyl (C=O) groups excluding carboxylic acids is 1. The third-order valence-corrected chi connectivity index (χ3v) is 4.95. The van der Waals surface area contributed by atoms with Crippen LogP contribution in [0.1, 0.15) is 47.4 Å². The van der Waals surface area contributed by atoms with Gasteiger partial charge in [-0.1, -0.05) is 43.1 Å². The van der Waals surface area contributed by atoms with Crippen molar-refractivity contribution >= 4 is 17.6 Å². The van der Waals surface area contributed by atoms with E-state index in [9.17, 15) is 9.90 Å². The van der Waals surface area contributed by atoms with Crippen molar-refractivity contribution in [1.29, 1.82) is 0 Å². The van der Waals surface area contributed by atoms with Gasteiger partial charge in [0.25, 0.3) is 0 Å². The van der Waals surface area contributed by atoms with Gasteiger partial charge in [-0.15, -0.1) is 0 Å². The summed E-state index contributed by atoms with van der Waals surface area (Å²) in [4.78, 5) is 16.5. The summed E-state index contributed by atoms with van der Waals surface area (Å²) in [5.74, 6) is 1.66. The van der Waals surface area contributed by atoms with Crippen LogP contribution >= 0.6 is 11.6 Å². The molecule has 0 aliphatic rings. The zero-order chi connectivity index (χ0) is 20.1. The van der Waals surface area contributed by atoms with Gasteiger partial charge in [-0.2, -0.15) is 0 Å². The van der Waals surface area contributed by atoms with Crippen molar-refractivity contribution in [2.75, 3.05) is 7.11 Å². The molecule has 2 aromatic heterocycles. The molecule has 0 aliphatic carbocycles. The van der Waals surface area contributed by atoms with Crippen LogP contribution < -0.4 is 0 Å². The zero-order valence-electron chi connectivity index (χ0n) is 15.9. The molecule has 0 aliphatic heterocycles. The van der Waals surface area contributed by atoms with Crippen molar-refractivity contribution < 1.29 is 19.1 Å². The van der Waals surface area contributed by atoms with Gasteiger partial charge >= 0.3 is 5.97 Å². The fraction of sp³-hybridized carbons (Fsp3) is 0.333. The van der Waals surface area contributed by atoms with E-state index < -0.39 is 5.97 Å². The molecule has 7 heteroatoms. The number of aryl methyl sites for hydroxylation is 1. The van der Waals surface area contributed by atoms with Gasteiger partial charge in [0.05, 0.1) is 25.8 Å². The number of unbranched alkanes of at least 4 members (excludes halogenated alkanes) is 1. The molecular formula is C21H23ClN2O4. The fourth-order valence-corrected chi connectivity index (χ4v) is 3.33. The molecule has 6 nitrogen and oxygen atoms in total. The Kier molecular flexibility index (Phi) is 6.54. The second-order valence-electron chi connectivity index (χ2n) is 6.42. The van der Waals surface area contributed by atoms with Crippen molar-refractivity contribution in [3.63, 3.8) is 0 Å². The van der Waals surface area contributed by atoms with Gasteiger partial charge in [0.2, 0.25) is 0 Å². The molecule has 2 heterocycles. The van der Waals surface area contributed by atoms with Crippen LogP contribution in [0.15, 0.2) is 40.8 Å². The first-order valence-corrected chi connectivity index (χ1v) is 9.57. The lowest BCUT2D eigenvalue weighted by atomic mass is 10.1. The Morgan fingerprint density at radius 1 is 1.29 bits per heavy atom. The maximum absolute atomic E-state index is 12.0. The predicted octanol–water partition coefficient (Wildman–Crippen LogP) is 4.47. The minimum atomic E-state index is -0.416. The van der Waals surface area contributed by atoms with Gasteiger partial charge < -0.3 is 18.8 Å². The molecule has 1 N–H and O–H groups in total. The van der Waals surface area contributed by atoms with Crippen LogP contribution in [0.5, 0.6) is 0 Å². The first-order valence-electron chi connectivity index (χ1n) is 9.20. The Morgan fingerprint density at radius 3 is 2.79 bits per heavy atom. The molecule has 3 aromatic rings. The number of hydrogen-bond donors (Lipinski definition) is 1. The highest BCUT2D eigenvalue weighted by molar-refractivity contribution is 6.30. The van der Waals surface area contributed by atoms with E-state index in [4.69, 9.17) is 20.8 Å². The predicted molar refractivity (Wildman–Crippen MR) is 106 cm³/mol. The number of ether oxygens (including phenoxy) is 1. The van der Waals surface area contributed by atoms with Crippen molar-refractivity contribution in [3.8, 4) is 11.3 Å². The average molecular weight is 403 g/mol. The number of furan rings is 1. The molecule has 0 amide bonds. The minimum Gasteiger partial charge on any atom is -0.465 e. The lowest BCUT2D eigenvalue weighted by Gasteiger charge is -2.08. The van der Waals surface area contributed by atoms with E-state index in [2.05, 4.69) is 11.9 Å². The van der Waals surface area contributed by atoms with Crippen LogP contribution in [-0.4, -0.2) is 27.7 Å². The van der Waals surface area contributed by atoms with Crippen LogP contribution in [-0.2, 0) is 24.3 Å². The normalized spacial score (nSPS) is 11.0. The summed E-state index contributed by atoms with van der Waals surface area (Å²) in [5, 5.41) is 9.90. The highest BCUT2D eigenvalue weighted by Gasteiger charge is 2.18. The average Bonchev–Trinajstić information content (AvgIpc) is 3.31. The Hall–Kier alpha value is -2.57. The number of imidazole rings is 1. The summed E-state index contributed by atoms with van der Waals surface area (Å²) in [5.41, 5.74) is 1.58. The van der Waals surface area contributed by atoms with Crippen LogP contribution in [0, 0.1) is 0 Å². The number of halogens is 1. The highest BCUT2D eigenvalue weighted by Crippen LogP contribution is 2.28. The number of hydrogen-bond acceptors (Lipinski definition) is 5. The molecule has 0 unspecified atom stereocenters. The maximum atomic E-state index is 12.0. The van der Waals surface area contributed by atoms with Crippen LogP contribution in [0.3, 0.4) is 0 Å². The second-order valence-corrected chi connectivity index (χ2v) is 6.77. The number of esters is 1. The molecule has 148 valence electrons. The molecule has 0 saturated carbocycles. The lowest BCUT2D eigenvalue weighted by molar-refractivity contribution is 0.0601. The minimum absolute atomic E-state index is 0.207. The summed E-state index contributed by atoms with van der Waals surface area (Å²) in [6.07, 6.45) is 2.79. The number of aromatic nitrogens is 2. The largest absolute Gasteiger partial charge is 0.465 e. The molecule has 3 rings (SSSR count). The number of aliphatic hydroxyl groups is 1. The molecule has 28 heavy (non-hydrogen) atoms. The summed E-state index contributed by atoms with van der Waals surface area (Å²) in [6, 6.07) is 10.8. The van der Waals surface area contributed by atoms with E-state index in [1.165, 1.54) is 7.11 Å². The molecule has 0 spiro atoms. The Morgan fingerprint density at radius 2 is 2.07 bits per heavy atom. The van der Waals surface area contributed by atoms with Gasteiger partial charge in [0.15, 0.2) is 0 Å². The van der Waals surface area contributed by atoms with Crippen LogP contribution in [0.25, 0.3) is 11.3 Å². The van der Waals surface area contributed by atoms with E-state index in [1.807, 2.05) is 28.8 Å². The fourth-order valence-electron chi connectivity index (χ4n) is 3.07. The molecule has 0 atom stereocenters. The summed E-state index contributed by atoms with van der Waals surface area (Å²) < 4.78 is 12.7. The number of methoxy groups -OCH3 is 1. The molecular weight excluding hydrogens is 380 g/mol. The quantitative estimate of drug-likeness (QED) is 0.562. The Balaban J connectivity index is 1.91. The van der Waals surface area contributed by atoms with Crippen LogP contribution in [0.4, 0.5) is 0 Å². The van der Waals surface area contributed by atoms with Crippen molar-refractivity contribution in [2.45, 2.75) is 39.3 Å². The third kappa shape index (κ3) is 4.13. The zero-order valence-corrected chi connectivity index (χ0v) is 16.7.